The zero-order valence-corrected chi connectivity index (χ0v) is 17.6. The largest absolute Gasteiger partial charge is 0.497 e. The Morgan fingerprint density at radius 3 is 1.70 bits per heavy atom. The van der Waals surface area contributed by atoms with Crippen molar-refractivity contribution >= 4 is 15.9 Å². The van der Waals surface area contributed by atoms with Crippen LogP contribution in [0.3, 0.4) is 0 Å². The number of amides is 1. The van der Waals surface area contributed by atoms with Crippen molar-refractivity contribution in [2.45, 2.75) is 17.4 Å². The van der Waals surface area contributed by atoms with Crippen molar-refractivity contribution in [3.05, 3.63) is 89.5 Å². The molecule has 30 heavy (non-hydrogen) atoms. The number of fused-ring (bicyclic) bond motifs is 1. The molecule has 0 fully saturated rings. The normalized spacial score (nSPS) is 16.0. The van der Waals surface area contributed by atoms with Crippen molar-refractivity contribution in [1.29, 1.82) is 0 Å². The fraction of sp³-hybridized carbons (Fsp3) is 0.174. The molecular weight excluding hydrogens is 402 g/mol. The molecule has 0 spiro atoms. The third-order valence-electron chi connectivity index (χ3n) is 5.40. The molecule has 0 aliphatic carbocycles. The molecule has 0 saturated carbocycles. The van der Waals surface area contributed by atoms with E-state index < -0.39 is 21.5 Å². The predicted molar refractivity (Wildman–Crippen MR) is 112 cm³/mol. The lowest BCUT2D eigenvalue weighted by atomic mass is 9.77. The van der Waals surface area contributed by atoms with Gasteiger partial charge in [-0.05, 0) is 41.5 Å². The lowest BCUT2D eigenvalue weighted by molar-refractivity contribution is -0.126. The van der Waals surface area contributed by atoms with E-state index in [9.17, 15) is 13.2 Å². The van der Waals surface area contributed by atoms with Crippen LogP contribution in [0.1, 0.15) is 23.6 Å². The molecule has 0 N–H and O–H groups in total. The van der Waals surface area contributed by atoms with Crippen molar-refractivity contribution in [1.82, 2.24) is 4.31 Å². The molecule has 154 valence electrons. The molecule has 0 unspecified atom stereocenters. The number of carbonyl (C=O) groups excluding carboxylic acids is 1. The summed E-state index contributed by atoms with van der Waals surface area (Å²) in [5.41, 5.74) is 0.449. The molecule has 3 aromatic rings. The molecule has 0 radical (unpaired) electrons. The van der Waals surface area contributed by atoms with Gasteiger partial charge in [-0.15, -0.1) is 0 Å². The van der Waals surface area contributed by atoms with E-state index >= 15 is 0 Å². The summed E-state index contributed by atoms with van der Waals surface area (Å²) in [7, 11) is -0.938. The summed E-state index contributed by atoms with van der Waals surface area (Å²) in [6, 6.07) is 20.9. The van der Waals surface area contributed by atoms with E-state index in [4.69, 9.17) is 9.47 Å². The number of carbonyl (C=O) groups is 1. The van der Waals surface area contributed by atoms with E-state index in [1.807, 2.05) is 0 Å². The molecule has 1 aliphatic rings. The van der Waals surface area contributed by atoms with E-state index in [1.54, 1.807) is 80.9 Å². The first-order valence-corrected chi connectivity index (χ1v) is 10.8. The third kappa shape index (κ3) is 2.69. The van der Waals surface area contributed by atoms with Crippen LogP contribution in [0.4, 0.5) is 0 Å². The van der Waals surface area contributed by atoms with Gasteiger partial charge in [0.2, 0.25) is 5.91 Å². The summed E-state index contributed by atoms with van der Waals surface area (Å²) in [6.07, 6.45) is 0. The van der Waals surface area contributed by atoms with E-state index in [1.165, 1.54) is 13.0 Å². The number of benzene rings is 3. The Kier molecular flexibility index (Phi) is 4.78. The first-order valence-electron chi connectivity index (χ1n) is 9.32. The van der Waals surface area contributed by atoms with Gasteiger partial charge in [0.15, 0.2) is 0 Å². The van der Waals surface area contributed by atoms with Crippen molar-refractivity contribution < 1.29 is 22.7 Å². The lowest BCUT2D eigenvalue weighted by Crippen LogP contribution is -2.48. The van der Waals surface area contributed by atoms with Crippen molar-refractivity contribution in [2.24, 2.45) is 0 Å². The zero-order chi connectivity index (χ0) is 21.5. The van der Waals surface area contributed by atoms with Gasteiger partial charge < -0.3 is 9.47 Å². The Morgan fingerprint density at radius 1 is 0.800 bits per heavy atom. The fourth-order valence-corrected chi connectivity index (χ4v) is 6.11. The van der Waals surface area contributed by atoms with Gasteiger partial charge in [-0.25, -0.2) is 12.7 Å². The number of sulfonamides is 1. The number of hydrogen-bond acceptors (Lipinski definition) is 5. The molecule has 1 aliphatic heterocycles. The third-order valence-corrected chi connectivity index (χ3v) is 7.32. The minimum absolute atomic E-state index is 0.117. The summed E-state index contributed by atoms with van der Waals surface area (Å²) in [6.45, 7) is 1.27. The summed E-state index contributed by atoms with van der Waals surface area (Å²) in [5, 5.41) is 0. The highest BCUT2D eigenvalue weighted by molar-refractivity contribution is 7.90. The Labute approximate surface area is 175 Å². The van der Waals surface area contributed by atoms with E-state index in [0.717, 1.165) is 4.31 Å². The molecule has 1 heterocycles. The van der Waals surface area contributed by atoms with E-state index in [-0.39, 0.29) is 4.90 Å². The van der Waals surface area contributed by atoms with Gasteiger partial charge >= 0.3 is 0 Å². The number of rotatable bonds is 4. The molecule has 7 heteroatoms. The number of methoxy groups -OCH3 is 2. The molecule has 0 bridgehead atoms. The Balaban J connectivity index is 2.14. The fourth-order valence-electron chi connectivity index (χ4n) is 4.16. The van der Waals surface area contributed by atoms with Crippen LogP contribution in [0.25, 0.3) is 0 Å². The van der Waals surface area contributed by atoms with Gasteiger partial charge in [-0.3, -0.25) is 4.79 Å². The highest BCUT2D eigenvalue weighted by Gasteiger charge is 2.57. The summed E-state index contributed by atoms with van der Waals surface area (Å²) < 4.78 is 38.5. The second-order valence-corrected chi connectivity index (χ2v) is 8.71. The van der Waals surface area contributed by atoms with Gasteiger partial charge in [-0.1, -0.05) is 42.5 Å². The van der Waals surface area contributed by atoms with Crippen molar-refractivity contribution in [3.63, 3.8) is 0 Å². The van der Waals surface area contributed by atoms with Crippen LogP contribution in [0, 0.1) is 0 Å². The van der Waals surface area contributed by atoms with Crippen LogP contribution >= 0.6 is 0 Å². The lowest BCUT2D eigenvalue weighted by Gasteiger charge is -2.38. The Morgan fingerprint density at radius 2 is 1.27 bits per heavy atom. The van der Waals surface area contributed by atoms with Gasteiger partial charge in [0.25, 0.3) is 10.0 Å². The second kappa shape index (κ2) is 7.18. The number of nitrogens with zero attached hydrogens (tertiary/aromatic N) is 1. The van der Waals surface area contributed by atoms with Crippen molar-refractivity contribution in [3.8, 4) is 11.5 Å². The molecule has 0 atom stereocenters. The molecule has 1 amide bonds. The Bertz CT molecular complexity index is 1150. The zero-order valence-electron chi connectivity index (χ0n) is 16.8. The topological polar surface area (TPSA) is 72.9 Å². The second-order valence-electron chi connectivity index (χ2n) is 6.95. The maximum absolute atomic E-state index is 13.5. The monoisotopic (exact) mass is 423 g/mol. The minimum Gasteiger partial charge on any atom is -0.497 e. The molecule has 0 saturated heterocycles. The average Bonchev–Trinajstić information content (AvgIpc) is 2.99. The average molecular weight is 423 g/mol. The Hall–Kier alpha value is -3.32. The van der Waals surface area contributed by atoms with Gasteiger partial charge in [0.1, 0.15) is 17.0 Å². The van der Waals surface area contributed by atoms with Crippen LogP contribution in [0.2, 0.25) is 0 Å². The van der Waals surface area contributed by atoms with Gasteiger partial charge in [0.05, 0.1) is 19.1 Å². The van der Waals surface area contributed by atoms with Crippen LogP contribution in [-0.4, -0.2) is 32.8 Å². The maximum atomic E-state index is 13.5. The highest BCUT2D eigenvalue weighted by atomic mass is 32.2. The first-order chi connectivity index (χ1) is 14.4. The van der Waals surface area contributed by atoms with Crippen LogP contribution in [0.5, 0.6) is 11.5 Å². The summed E-state index contributed by atoms with van der Waals surface area (Å²) in [4.78, 5) is 13.0. The van der Waals surface area contributed by atoms with Crippen LogP contribution < -0.4 is 9.47 Å². The SMILES string of the molecule is COc1ccc(C2(c3ccc(OC)cc3)c3ccccc3S(=O)(=O)N2C(C)=O)cc1. The standard InChI is InChI=1S/C23H21NO5S/c1-16(25)24-23(17-8-12-19(28-2)13-9-17,18-10-14-20(29-3)15-11-18)21-6-4-5-7-22(21)30(24,26)27/h4-15H,1-3H3. The van der Waals surface area contributed by atoms with Crippen molar-refractivity contribution in [2.75, 3.05) is 14.2 Å². The van der Waals surface area contributed by atoms with Crippen LogP contribution in [0.15, 0.2) is 77.7 Å². The van der Waals surface area contributed by atoms with Gasteiger partial charge in [-0.2, -0.15) is 0 Å². The molecule has 3 aromatic carbocycles. The number of hydrogen-bond donors (Lipinski definition) is 0. The maximum Gasteiger partial charge on any atom is 0.268 e. The molecule has 6 nitrogen and oxygen atoms in total. The first kappa shape index (κ1) is 20.0. The molecular formula is C23H21NO5S. The van der Waals surface area contributed by atoms with Crippen LogP contribution in [-0.2, 0) is 20.4 Å². The number of ether oxygens (including phenoxy) is 2. The highest BCUT2D eigenvalue weighted by Crippen LogP contribution is 2.52. The van der Waals surface area contributed by atoms with E-state index in [0.29, 0.717) is 28.2 Å². The van der Waals surface area contributed by atoms with Gasteiger partial charge in [0, 0.05) is 12.5 Å². The molecule has 4 rings (SSSR count). The summed E-state index contributed by atoms with van der Waals surface area (Å²) in [5.74, 6) is 0.692. The minimum atomic E-state index is -4.06. The smallest absolute Gasteiger partial charge is 0.268 e. The quantitative estimate of drug-likeness (QED) is 0.642. The molecule has 0 aromatic heterocycles. The van der Waals surface area contributed by atoms with E-state index in [2.05, 4.69) is 0 Å². The predicted octanol–water partition coefficient (Wildman–Crippen LogP) is 3.55. The summed E-state index contributed by atoms with van der Waals surface area (Å²) >= 11 is 0.